The minimum Gasteiger partial charge on any atom is -0.335 e. The quantitative estimate of drug-likeness (QED) is 0.874. The first-order valence-electron chi connectivity index (χ1n) is 8.26. The van der Waals surface area contributed by atoms with Crippen molar-refractivity contribution >= 4 is 5.91 Å². The fraction of sp³-hybridized carbons (Fsp3) is 0.611. The molecule has 0 bridgehead atoms. The van der Waals surface area contributed by atoms with Crippen molar-refractivity contribution in [2.75, 3.05) is 0 Å². The highest BCUT2D eigenvalue weighted by molar-refractivity contribution is 5.78. The van der Waals surface area contributed by atoms with Gasteiger partial charge in [-0.2, -0.15) is 0 Å². The molecule has 3 heteroatoms. The lowest BCUT2D eigenvalue weighted by atomic mass is 9.75. The van der Waals surface area contributed by atoms with Gasteiger partial charge in [0.2, 0.25) is 5.91 Å². The van der Waals surface area contributed by atoms with E-state index in [0.29, 0.717) is 12.5 Å². The number of carbonyl (C=O) groups is 1. The van der Waals surface area contributed by atoms with Gasteiger partial charge in [0.15, 0.2) is 0 Å². The lowest BCUT2D eigenvalue weighted by Gasteiger charge is -2.39. The fourth-order valence-corrected chi connectivity index (χ4v) is 3.09. The summed E-state index contributed by atoms with van der Waals surface area (Å²) in [6.45, 7) is 2.90. The van der Waals surface area contributed by atoms with E-state index in [4.69, 9.17) is 5.73 Å². The summed E-state index contributed by atoms with van der Waals surface area (Å²) < 4.78 is 0. The summed E-state index contributed by atoms with van der Waals surface area (Å²) in [4.78, 5) is 14.7. The number of benzene rings is 1. The Kier molecular flexibility index (Phi) is 4.03. The van der Waals surface area contributed by atoms with Crippen LogP contribution in [0.2, 0.25) is 0 Å². The summed E-state index contributed by atoms with van der Waals surface area (Å²) in [6, 6.07) is 9.10. The standard InChI is InChI=1S/C18H26N2O/c1-2-14-4-6-15(7-5-14)13-20(16-8-9-16)17(21)12-18(19)10-3-11-18/h4-7,16H,2-3,8-13,19H2,1H3. The largest absolute Gasteiger partial charge is 0.335 e. The van der Waals surface area contributed by atoms with E-state index in [2.05, 4.69) is 36.1 Å². The summed E-state index contributed by atoms with van der Waals surface area (Å²) in [5, 5.41) is 0. The fourth-order valence-electron chi connectivity index (χ4n) is 3.09. The Morgan fingerprint density at radius 2 is 1.86 bits per heavy atom. The van der Waals surface area contributed by atoms with Crippen LogP contribution in [0, 0.1) is 0 Å². The summed E-state index contributed by atoms with van der Waals surface area (Å²) in [6.07, 6.45) is 7.06. The Hall–Kier alpha value is -1.35. The second-order valence-electron chi connectivity index (χ2n) is 6.82. The molecule has 0 atom stereocenters. The lowest BCUT2D eigenvalue weighted by molar-refractivity contribution is -0.134. The average molecular weight is 286 g/mol. The monoisotopic (exact) mass is 286 g/mol. The van der Waals surface area contributed by atoms with Crippen LogP contribution in [0.1, 0.15) is 56.6 Å². The maximum absolute atomic E-state index is 12.6. The Bertz CT molecular complexity index is 500. The Morgan fingerprint density at radius 3 is 2.33 bits per heavy atom. The van der Waals surface area contributed by atoms with Crippen molar-refractivity contribution in [1.82, 2.24) is 4.90 Å². The highest BCUT2D eigenvalue weighted by atomic mass is 16.2. The van der Waals surface area contributed by atoms with E-state index < -0.39 is 0 Å². The summed E-state index contributed by atoms with van der Waals surface area (Å²) in [5.41, 5.74) is 8.61. The molecule has 3 rings (SSSR count). The van der Waals surface area contributed by atoms with Gasteiger partial charge in [-0.05, 0) is 49.7 Å². The van der Waals surface area contributed by atoms with E-state index in [0.717, 1.165) is 38.6 Å². The van der Waals surface area contributed by atoms with Gasteiger partial charge in [-0.25, -0.2) is 0 Å². The van der Waals surface area contributed by atoms with Crippen LogP contribution in [-0.4, -0.2) is 22.4 Å². The van der Waals surface area contributed by atoms with Gasteiger partial charge in [-0.3, -0.25) is 4.79 Å². The van der Waals surface area contributed by atoms with Crippen LogP contribution in [0.25, 0.3) is 0 Å². The summed E-state index contributed by atoms with van der Waals surface area (Å²) in [5.74, 6) is 0.249. The Morgan fingerprint density at radius 1 is 1.24 bits per heavy atom. The molecular formula is C18H26N2O. The van der Waals surface area contributed by atoms with Crippen LogP contribution in [0.15, 0.2) is 24.3 Å². The van der Waals surface area contributed by atoms with E-state index in [-0.39, 0.29) is 11.4 Å². The first-order valence-corrected chi connectivity index (χ1v) is 8.26. The molecule has 114 valence electrons. The maximum Gasteiger partial charge on any atom is 0.224 e. The van der Waals surface area contributed by atoms with E-state index in [1.165, 1.54) is 17.5 Å². The average Bonchev–Trinajstić information content (AvgIpc) is 3.28. The molecule has 1 amide bonds. The molecule has 2 aliphatic carbocycles. The molecule has 0 radical (unpaired) electrons. The number of hydrogen-bond donors (Lipinski definition) is 1. The van der Waals surface area contributed by atoms with Crippen molar-refractivity contribution in [3.63, 3.8) is 0 Å². The van der Waals surface area contributed by atoms with Gasteiger partial charge in [-0.15, -0.1) is 0 Å². The number of carbonyl (C=O) groups excluding carboxylic acids is 1. The maximum atomic E-state index is 12.6. The molecule has 0 spiro atoms. The molecule has 3 nitrogen and oxygen atoms in total. The number of nitrogens with zero attached hydrogens (tertiary/aromatic N) is 1. The van der Waals surface area contributed by atoms with Gasteiger partial charge in [0, 0.05) is 24.5 Å². The van der Waals surface area contributed by atoms with Crippen LogP contribution in [0.3, 0.4) is 0 Å². The number of amides is 1. The highest BCUT2D eigenvalue weighted by Gasteiger charge is 2.39. The number of nitrogens with two attached hydrogens (primary N) is 1. The molecule has 1 aromatic rings. The Balaban J connectivity index is 1.64. The van der Waals surface area contributed by atoms with E-state index in [9.17, 15) is 4.79 Å². The molecule has 0 heterocycles. The zero-order chi connectivity index (χ0) is 14.9. The van der Waals surface area contributed by atoms with Crippen LogP contribution in [-0.2, 0) is 17.8 Å². The predicted octanol–water partition coefficient (Wildman–Crippen LogP) is 3.01. The van der Waals surface area contributed by atoms with Crippen LogP contribution in [0.5, 0.6) is 0 Å². The number of rotatable bonds is 6. The van der Waals surface area contributed by atoms with E-state index in [1.54, 1.807) is 0 Å². The van der Waals surface area contributed by atoms with E-state index in [1.807, 2.05) is 0 Å². The SMILES string of the molecule is CCc1ccc(CN(C(=O)CC2(N)CCC2)C2CC2)cc1. The van der Waals surface area contributed by atoms with Gasteiger partial charge in [0.1, 0.15) is 0 Å². The van der Waals surface area contributed by atoms with Crippen LogP contribution < -0.4 is 5.73 Å². The molecule has 1 aromatic carbocycles. The van der Waals surface area contributed by atoms with Crippen molar-refractivity contribution < 1.29 is 4.79 Å². The van der Waals surface area contributed by atoms with Gasteiger partial charge in [0.25, 0.3) is 0 Å². The molecular weight excluding hydrogens is 260 g/mol. The number of aryl methyl sites for hydroxylation is 1. The first kappa shape index (κ1) is 14.6. The normalized spacial score (nSPS) is 19.9. The molecule has 2 aliphatic rings. The third-order valence-corrected chi connectivity index (χ3v) is 4.94. The zero-order valence-corrected chi connectivity index (χ0v) is 13.0. The molecule has 2 fully saturated rings. The van der Waals surface area contributed by atoms with Gasteiger partial charge >= 0.3 is 0 Å². The molecule has 0 unspecified atom stereocenters. The second-order valence-corrected chi connectivity index (χ2v) is 6.82. The third-order valence-electron chi connectivity index (χ3n) is 4.94. The highest BCUT2D eigenvalue weighted by Crippen LogP contribution is 2.35. The first-order chi connectivity index (χ1) is 10.1. The lowest BCUT2D eigenvalue weighted by Crippen LogP contribution is -2.50. The van der Waals surface area contributed by atoms with Crippen molar-refractivity contribution in [1.29, 1.82) is 0 Å². The minimum atomic E-state index is -0.212. The van der Waals surface area contributed by atoms with Gasteiger partial charge < -0.3 is 10.6 Å². The minimum absolute atomic E-state index is 0.212. The van der Waals surface area contributed by atoms with Gasteiger partial charge in [0.05, 0.1) is 0 Å². The second kappa shape index (κ2) is 5.80. The van der Waals surface area contributed by atoms with Crippen LogP contribution >= 0.6 is 0 Å². The summed E-state index contributed by atoms with van der Waals surface area (Å²) >= 11 is 0. The molecule has 0 aliphatic heterocycles. The van der Waals surface area contributed by atoms with E-state index >= 15 is 0 Å². The molecule has 2 N–H and O–H groups in total. The van der Waals surface area contributed by atoms with Crippen LogP contribution in [0.4, 0.5) is 0 Å². The topological polar surface area (TPSA) is 46.3 Å². The zero-order valence-electron chi connectivity index (χ0n) is 13.0. The van der Waals surface area contributed by atoms with Crippen molar-refractivity contribution in [3.8, 4) is 0 Å². The van der Waals surface area contributed by atoms with Crippen molar-refractivity contribution in [3.05, 3.63) is 35.4 Å². The smallest absolute Gasteiger partial charge is 0.224 e. The third kappa shape index (κ3) is 3.46. The molecule has 0 aromatic heterocycles. The predicted molar refractivity (Wildman–Crippen MR) is 84.8 cm³/mol. The molecule has 2 saturated carbocycles. The molecule has 21 heavy (non-hydrogen) atoms. The Labute approximate surface area is 127 Å². The van der Waals surface area contributed by atoms with Gasteiger partial charge in [-0.1, -0.05) is 31.2 Å². The number of hydrogen-bond acceptors (Lipinski definition) is 2. The molecule has 0 saturated heterocycles. The van der Waals surface area contributed by atoms with Crippen molar-refractivity contribution in [2.24, 2.45) is 5.73 Å². The van der Waals surface area contributed by atoms with Crippen molar-refractivity contribution in [2.45, 2.75) is 70.0 Å². The summed E-state index contributed by atoms with van der Waals surface area (Å²) in [7, 11) is 0.